The third-order valence-electron chi connectivity index (χ3n) is 1.63. The molecule has 1 aromatic heterocycles. The molecule has 0 aliphatic heterocycles. The van der Waals surface area contributed by atoms with Gasteiger partial charge in [-0.25, -0.2) is 4.98 Å². The van der Waals surface area contributed by atoms with E-state index in [0.29, 0.717) is 24.1 Å². The number of rotatable bonds is 4. The minimum Gasteiger partial charge on any atom is -0.383 e. The number of nitrogens with one attached hydrogen (secondary N) is 2. The van der Waals surface area contributed by atoms with Crippen molar-refractivity contribution in [3.8, 4) is 0 Å². The highest BCUT2D eigenvalue weighted by Gasteiger charge is 2.03. The van der Waals surface area contributed by atoms with Crippen LogP contribution in [0.1, 0.15) is 0 Å². The smallest absolute Gasteiger partial charge is 0.172 e. The molecule has 1 rings (SSSR count). The molecule has 7 heteroatoms. The van der Waals surface area contributed by atoms with Gasteiger partial charge >= 0.3 is 0 Å². The summed E-state index contributed by atoms with van der Waals surface area (Å²) in [5, 5.41) is 6.50. The Morgan fingerprint density at radius 3 is 2.94 bits per heavy atom. The zero-order valence-electron chi connectivity index (χ0n) is 8.59. The van der Waals surface area contributed by atoms with Crippen molar-refractivity contribution < 1.29 is 4.74 Å². The van der Waals surface area contributed by atoms with Crippen LogP contribution in [0.5, 0.6) is 0 Å². The average Bonchev–Trinajstić information content (AvgIpc) is 2.23. The van der Waals surface area contributed by atoms with Crippen molar-refractivity contribution >= 4 is 55.0 Å². The van der Waals surface area contributed by atoms with Crippen LogP contribution in [0.3, 0.4) is 0 Å². The van der Waals surface area contributed by atoms with Gasteiger partial charge in [-0.05, 0) is 50.1 Å². The minimum absolute atomic E-state index is 0.521. The lowest BCUT2D eigenvalue weighted by Crippen LogP contribution is -2.31. The summed E-state index contributed by atoms with van der Waals surface area (Å²) < 4.78 is 6.65. The molecule has 16 heavy (non-hydrogen) atoms. The van der Waals surface area contributed by atoms with Crippen molar-refractivity contribution in [3.63, 3.8) is 0 Å². The Morgan fingerprint density at radius 1 is 1.56 bits per heavy atom. The van der Waals surface area contributed by atoms with E-state index < -0.39 is 0 Å². The van der Waals surface area contributed by atoms with Gasteiger partial charge in [-0.15, -0.1) is 0 Å². The Morgan fingerprint density at radius 2 is 2.31 bits per heavy atom. The maximum Gasteiger partial charge on any atom is 0.172 e. The van der Waals surface area contributed by atoms with Crippen molar-refractivity contribution in [2.24, 2.45) is 0 Å². The molecule has 0 aromatic carbocycles. The molecule has 0 aliphatic rings. The maximum atomic E-state index is 5.09. The van der Waals surface area contributed by atoms with Crippen molar-refractivity contribution in [1.82, 2.24) is 10.3 Å². The minimum atomic E-state index is 0.521. The summed E-state index contributed by atoms with van der Waals surface area (Å²) >= 11 is 11.8. The highest BCUT2D eigenvalue weighted by Crippen LogP contribution is 2.23. The van der Waals surface area contributed by atoms with Gasteiger partial charge in [0.15, 0.2) is 5.11 Å². The van der Waals surface area contributed by atoms with Crippen LogP contribution in [0, 0.1) is 0 Å². The van der Waals surface area contributed by atoms with Gasteiger partial charge in [0.25, 0.3) is 0 Å². The van der Waals surface area contributed by atoms with Crippen molar-refractivity contribution in [2.75, 3.05) is 25.6 Å². The Kier molecular flexibility index (Phi) is 6.18. The van der Waals surface area contributed by atoms with Crippen LogP contribution in [-0.2, 0) is 4.74 Å². The molecule has 88 valence electrons. The monoisotopic (exact) mass is 367 g/mol. The number of pyridine rings is 1. The lowest BCUT2D eigenvalue weighted by molar-refractivity contribution is 0.204. The third kappa shape index (κ3) is 4.73. The first-order valence-electron chi connectivity index (χ1n) is 4.48. The van der Waals surface area contributed by atoms with E-state index in [1.165, 1.54) is 0 Å². The Bertz CT molecular complexity index is 376. The van der Waals surface area contributed by atoms with Gasteiger partial charge in [-0.2, -0.15) is 0 Å². The molecule has 0 fully saturated rings. The Balaban J connectivity index is 2.49. The SMILES string of the molecule is COCCNC(=S)Nc1ncc(Br)cc1Br. The van der Waals surface area contributed by atoms with E-state index in [-0.39, 0.29) is 0 Å². The standard InChI is InChI=1S/C9H11Br2N3OS/c1-15-3-2-12-9(16)14-8-7(11)4-6(10)5-13-8/h4-5H,2-3H2,1H3,(H2,12,13,14,16). The van der Waals surface area contributed by atoms with Crippen LogP contribution in [0.25, 0.3) is 0 Å². The van der Waals surface area contributed by atoms with E-state index in [1.807, 2.05) is 6.07 Å². The molecule has 0 bridgehead atoms. The number of hydrogen-bond donors (Lipinski definition) is 2. The Hall–Kier alpha value is -0.240. The quantitative estimate of drug-likeness (QED) is 0.631. The number of aromatic nitrogens is 1. The maximum absolute atomic E-state index is 5.09. The Labute approximate surface area is 116 Å². The molecule has 0 saturated carbocycles. The topological polar surface area (TPSA) is 46.2 Å². The number of ether oxygens (including phenoxy) is 1. The molecule has 1 heterocycles. The van der Waals surface area contributed by atoms with Crippen LogP contribution in [0.4, 0.5) is 5.82 Å². The molecular weight excluding hydrogens is 358 g/mol. The molecule has 1 aromatic rings. The first-order chi connectivity index (χ1) is 7.63. The average molecular weight is 369 g/mol. The van der Waals surface area contributed by atoms with Gasteiger partial charge in [0.2, 0.25) is 0 Å². The summed E-state index contributed by atoms with van der Waals surface area (Å²) in [5.74, 6) is 0.679. The molecule has 4 nitrogen and oxygen atoms in total. The van der Waals surface area contributed by atoms with Crippen LogP contribution in [0.15, 0.2) is 21.2 Å². The second-order valence-corrected chi connectivity index (χ2v) is 5.04. The molecule has 2 N–H and O–H groups in total. The van der Waals surface area contributed by atoms with Crippen LogP contribution in [0.2, 0.25) is 0 Å². The van der Waals surface area contributed by atoms with Crippen LogP contribution >= 0.6 is 44.1 Å². The predicted octanol–water partition coefficient (Wildman–Crippen LogP) is 2.54. The van der Waals surface area contributed by atoms with Gasteiger partial charge < -0.3 is 15.4 Å². The molecule has 0 unspecified atom stereocenters. The molecule has 0 amide bonds. The summed E-state index contributed by atoms with van der Waals surface area (Å²) in [7, 11) is 1.64. The van der Waals surface area contributed by atoms with Crippen molar-refractivity contribution in [1.29, 1.82) is 0 Å². The normalized spacial score (nSPS) is 9.94. The van der Waals surface area contributed by atoms with Crippen LogP contribution in [-0.4, -0.2) is 30.4 Å². The predicted molar refractivity (Wildman–Crippen MR) is 75.7 cm³/mol. The van der Waals surface area contributed by atoms with Gasteiger partial charge in [-0.3, -0.25) is 0 Å². The highest BCUT2D eigenvalue weighted by molar-refractivity contribution is 9.11. The number of hydrogen-bond acceptors (Lipinski definition) is 3. The number of halogens is 2. The molecule has 0 aliphatic carbocycles. The van der Waals surface area contributed by atoms with Crippen molar-refractivity contribution in [2.45, 2.75) is 0 Å². The fraction of sp³-hybridized carbons (Fsp3) is 0.333. The molecule has 0 spiro atoms. The largest absolute Gasteiger partial charge is 0.383 e. The third-order valence-corrected chi connectivity index (χ3v) is 2.92. The van der Waals surface area contributed by atoms with Crippen molar-refractivity contribution in [3.05, 3.63) is 21.2 Å². The summed E-state index contributed by atoms with van der Waals surface area (Å²) in [4.78, 5) is 4.18. The molecular formula is C9H11Br2N3OS. The zero-order chi connectivity index (χ0) is 12.0. The van der Waals surface area contributed by atoms with E-state index in [9.17, 15) is 0 Å². The van der Waals surface area contributed by atoms with E-state index in [1.54, 1.807) is 13.3 Å². The van der Waals surface area contributed by atoms with Gasteiger partial charge in [0.05, 0.1) is 11.1 Å². The fourth-order valence-electron chi connectivity index (χ4n) is 0.925. The zero-order valence-corrected chi connectivity index (χ0v) is 12.6. The van der Waals surface area contributed by atoms with Gasteiger partial charge in [-0.1, -0.05) is 0 Å². The first-order valence-corrected chi connectivity index (χ1v) is 6.47. The number of thiocarbonyl (C=S) groups is 1. The summed E-state index contributed by atoms with van der Waals surface area (Å²) in [5.41, 5.74) is 0. The summed E-state index contributed by atoms with van der Waals surface area (Å²) in [6.07, 6.45) is 1.70. The van der Waals surface area contributed by atoms with E-state index in [4.69, 9.17) is 17.0 Å². The van der Waals surface area contributed by atoms with E-state index >= 15 is 0 Å². The lowest BCUT2D eigenvalue weighted by atomic mass is 10.5. The second kappa shape index (κ2) is 7.16. The summed E-state index contributed by atoms with van der Waals surface area (Å²) in [6, 6.07) is 1.90. The highest BCUT2D eigenvalue weighted by atomic mass is 79.9. The van der Waals surface area contributed by atoms with Crippen LogP contribution < -0.4 is 10.6 Å². The first kappa shape index (κ1) is 13.8. The molecule has 0 atom stereocenters. The van der Waals surface area contributed by atoms with Gasteiger partial charge in [0.1, 0.15) is 5.82 Å². The van der Waals surface area contributed by atoms with E-state index in [0.717, 1.165) is 8.95 Å². The second-order valence-electron chi connectivity index (χ2n) is 2.86. The number of methoxy groups -OCH3 is 1. The molecule has 0 radical (unpaired) electrons. The van der Waals surface area contributed by atoms with E-state index in [2.05, 4.69) is 47.5 Å². The van der Waals surface area contributed by atoms with Gasteiger partial charge in [0, 0.05) is 24.3 Å². The fourth-order valence-corrected chi connectivity index (χ4v) is 2.21. The number of nitrogens with zero attached hydrogens (tertiary/aromatic N) is 1. The number of anilines is 1. The molecule has 0 saturated heterocycles. The summed E-state index contributed by atoms with van der Waals surface area (Å²) in [6.45, 7) is 1.27. The lowest BCUT2D eigenvalue weighted by Gasteiger charge is -2.10.